The van der Waals surface area contributed by atoms with E-state index in [4.69, 9.17) is 23.2 Å². The third-order valence-electron chi connectivity index (χ3n) is 5.55. The first kappa shape index (κ1) is 20.0. The lowest BCUT2D eigenvalue weighted by Gasteiger charge is -2.19. The molecule has 1 unspecified atom stereocenters. The van der Waals surface area contributed by atoms with Crippen LogP contribution in [0, 0.1) is 0 Å². The molecule has 1 N–H and O–H groups in total. The molecule has 6 heteroatoms. The minimum absolute atomic E-state index is 0.192. The number of carboxylic acids is 1. The van der Waals surface area contributed by atoms with E-state index in [9.17, 15) is 9.90 Å². The Morgan fingerprint density at radius 1 is 1.00 bits per heavy atom. The number of hydrogen-bond donors (Lipinski definition) is 1. The predicted molar refractivity (Wildman–Crippen MR) is 115 cm³/mol. The van der Waals surface area contributed by atoms with Crippen molar-refractivity contribution in [2.24, 2.45) is 0 Å². The molecule has 29 heavy (non-hydrogen) atoms. The maximum atomic E-state index is 11.9. The first-order valence-electron chi connectivity index (χ1n) is 9.83. The zero-order chi connectivity index (χ0) is 20.4. The fourth-order valence-electron chi connectivity index (χ4n) is 4.20. The van der Waals surface area contributed by atoms with Crippen molar-refractivity contribution >= 4 is 29.2 Å². The van der Waals surface area contributed by atoms with E-state index in [2.05, 4.69) is 5.10 Å². The number of carbonyl (C=O) groups is 1. The van der Waals surface area contributed by atoms with Gasteiger partial charge in [0.15, 0.2) is 5.69 Å². The van der Waals surface area contributed by atoms with Crippen molar-refractivity contribution in [1.29, 1.82) is 0 Å². The summed E-state index contributed by atoms with van der Waals surface area (Å²) in [7, 11) is 0. The van der Waals surface area contributed by atoms with Crippen LogP contribution in [0.5, 0.6) is 0 Å². The van der Waals surface area contributed by atoms with Crippen LogP contribution in [-0.4, -0.2) is 20.9 Å². The molecular weight excluding hydrogens is 407 g/mol. The summed E-state index contributed by atoms with van der Waals surface area (Å²) < 4.78 is 1.90. The largest absolute Gasteiger partial charge is 0.476 e. The van der Waals surface area contributed by atoms with Crippen LogP contribution >= 0.6 is 23.2 Å². The third-order valence-corrected chi connectivity index (χ3v) is 6.06. The summed E-state index contributed by atoms with van der Waals surface area (Å²) in [5.74, 6) is -0.732. The Labute approximate surface area is 180 Å². The molecule has 0 radical (unpaired) electrons. The van der Waals surface area contributed by atoms with Crippen molar-refractivity contribution in [2.45, 2.75) is 44.6 Å². The van der Waals surface area contributed by atoms with Crippen LogP contribution in [-0.2, 0) is 19.4 Å². The summed E-state index contributed by atoms with van der Waals surface area (Å²) in [5, 5.41) is 15.7. The Hall–Kier alpha value is -2.30. The molecule has 150 valence electrons. The van der Waals surface area contributed by atoms with Gasteiger partial charge in [-0.15, -0.1) is 0 Å². The van der Waals surface area contributed by atoms with Gasteiger partial charge in [0.25, 0.3) is 0 Å². The molecule has 2 aromatic carbocycles. The Balaban J connectivity index is 1.74. The molecule has 0 aliphatic heterocycles. The monoisotopic (exact) mass is 428 g/mol. The lowest BCUT2D eigenvalue weighted by atomic mass is 9.91. The standard InChI is InChI=1S/C23H22Cl2N2O2/c24-18-9-5-15(6-10-18)13-17-3-1-2-4-20-21(23(28)29)26-27(22(17)20)14-16-7-11-19(25)12-8-16/h5-12,17H,1-4,13-14H2,(H,28,29). The highest BCUT2D eigenvalue weighted by molar-refractivity contribution is 6.30. The normalized spacial score (nSPS) is 16.3. The minimum Gasteiger partial charge on any atom is -0.476 e. The van der Waals surface area contributed by atoms with Gasteiger partial charge >= 0.3 is 5.97 Å². The summed E-state index contributed by atoms with van der Waals surface area (Å²) in [4.78, 5) is 11.9. The molecule has 1 heterocycles. The molecule has 1 aliphatic carbocycles. The summed E-state index contributed by atoms with van der Waals surface area (Å²) >= 11 is 12.0. The Morgan fingerprint density at radius 2 is 1.62 bits per heavy atom. The first-order valence-corrected chi connectivity index (χ1v) is 10.6. The van der Waals surface area contributed by atoms with Crippen molar-refractivity contribution in [1.82, 2.24) is 9.78 Å². The molecule has 0 saturated carbocycles. The molecule has 1 aromatic heterocycles. The van der Waals surface area contributed by atoms with Gasteiger partial charge in [0.05, 0.1) is 6.54 Å². The van der Waals surface area contributed by atoms with Crippen LogP contribution in [0.4, 0.5) is 0 Å². The molecule has 4 nitrogen and oxygen atoms in total. The van der Waals surface area contributed by atoms with E-state index < -0.39 is 5.97 Å². The van der Waals surface area contributed by atoms with Crippen LogP contribution in [0.2, 0.25) is 10.0 Å². The minimum atomic E-state index is -0.955. The molecule has 0 fully saturated rings. The molecule has 1 aliphatic rings. The number of fused-ring (bicyclic) bond motifs is 1. The van der Waals surface area contributed by atoms with Crippen molar-refractivity contribution in [3.63, 3.8) is 0 Å². The van der Waals surface area contributed by atoms with Gasteiger partial charge < -0.3 is 5.11 Å². The molecule has 0 saturated heterocycles. The highest BCUT2D eigenvalue weighted by atomic mass is 35.5. The number of nitrogens with zero attached hydrogens (tertiary/aromatic N) is 2. The van der Waals surface area contributed by atoms with E-state index in [0.29, 0.717) is 11.6 Å². The fraction of sp³-hybridized carbons (Fsp3) is 0.304. The molecule has 0 bridgehead atoms. The molecular formula is C23H22Cl2N2O2. The number of aromatic carboxylic acids is 1. The van der Waals surface area contributed by atoms with Crippen LogP contribution < -0.4 is 0 Å². The van der Waals surface area contributed by atoms with Crippen molar-refractivity contribution in [3.8, 4) is 0 Å². The number of halogens is 2. The lowest BCUT2D eigenvalue weighted by Crippen LogP contribution is -2.13. The van der Waals surface area contributed by atoms with E-state index >= 15 is 0 Å². The second-order valence-corrected chi connectivity index (χ2v) is 8.45. The summed E-state index contributed by atoms with van der Waals surface area (Å²) in [6.45, 7) is 0.532. The average molecular weight is 429 g/mol. The zero-order valence-corrected chi connectivity index (χ0v) is 17.5. The Morgan fingerprint density at radius 3 is 2.24 bits per heavy atom. The number of carboxylic acid groups (broad SMARTS) is 1. The van der Waals surface area contributed by atoms with Gasteiger partial charge in [0.2, 0.25) is 0 Å². The Kier molecular flexibility index (Phi) is 5.93. The van der Waals surface area contributed by atoms with Crippen LogP contribution in [0.25, 0.3) is 0 Å². The first-order chi connectivity index (χ1) is 14.0. The summed E-state index contributed by atoms with van der Waals surface area (Å²) in [5.41, 5.74) is 4.39. The van der Waals surface area contributed by atoms with Gasteiger partial charge in [-0.1, -0.05) is 53.9 Å². The van der Waals surface area contributed by atoms with Gasteiger partial charge in [-0.05, 0) is 61.1 Å². The quantitative estimate of drug-likeness (QED) is 0.507. The second-order valence-electron chi connectivity index (χ2n) is 7.57. The highest BCUT2D eigenvalue weighted by Gasteiger charge is 2.29. The third kappa shape index (κ3) is 4.49. The van der Waals surface area contributed by atoms with E-state index in [1.165, 1.54) is 5.56 Å². The van der Waals surface area contributed by atoms with Crippen LogP contribution in [0.3, 0.4) is 0 Å². The van der Waals surface area contributed by atoms with Crippen molar-refractivity contribution in [3.05, 3.63) is 86.7 Å². The van der Waals surface area contributed by atoms with Gasteiger partial charge in [-0.2, -0.15) is 5.10 Å². The molecule has 4 rings (SSSR count). The van der Waals surface area contributed by atoms with Crippen molar-refractivity contribution < 1.29 is 9.90 Å². The van der Waals surface area contributed by atoms with E-state index in [0.717, 1.165) is 53.9 Å². The van der Waals surface area contributed by atoms with Gasteiger partial charge in [0, 0.05) is 27.2 Å². The fourth-order valence-corrected chi connectivity index (χ4v) is 4.46. The van der Waals surface area contributed by atoms with E-state index in [1.54, 1.807) is 0 Å². The second kappa shape index (κ2) is 8.60. The maximum Gasteiger partial charge on any atom is 0.356 e. The maximum absolute atomic E-state index is 11.9. The summed E-state index contributed by atoms with van der Waals surface area (Å²) in [6, 6.07) is 15.5. The molecule has 3 aromatic rings. The van der Waals surface area contributed by atoms with Crippen molar-refractivity contribution in [2.75, 3.05) is 0 Å². The van der Waals surface area contributed by atoms with Gasteiger partial charge in [-0.25, -0.2) is 4.79 Å². The zero-order valence-electron chi connectivity index (χ0n) is 15.9. The van der Waals surface area contributed by atoms with Gasteiger partial charge in [0.1, 0.15) is 0 Å². The number of benzene rings is 2. The highest BCUT2D eigenvalue weighted by Crippen LogP contribution is 2.35. The molecule has 1 atom stereocenters. The van der Waals surface area contributed by atoms with Crippen LogP contribution in [0.15, 0.2) is 48.5 Å². The summed E-state index contributed by atoms with van der Waals surface area (Å²) in [6.07, 6.45) is 4.68. The topological polar surface area (TPSA) is 55.1 Å². The van der Waals surface area contributed by atoms with Gasteiger partial charge in [-0.3, -0.25) is 4.68 Å². The Bertz CT molecular complexity index is 1010. The SMILES string of the molecule is O=C(O)c1nn(Cc2ccc(Cl)cc2)c2c1CCCCC2Cc1ccc(Cl)cc1. The van der Waals surface area contributed by atoms with E-state index in [1.807, 2.05) is 53.2 Å². The molecule has 0 spiro atoms. The number of hydrogen-bond acceptors (Lipinski definition) is 2. The average Bonchev–Trinajstić information content (AvgIpc) is 2.93. The van der Waals surface area contributed by atoms with E-state index in [-0.39, 0.29) is 11.6 Å². The predicted octanol–water partition coefficient (Wildman–Crippen LogP) is 5.99. The smallest absolute Gasteiger partial charge is 0.356 e. The van der Waals surface area contributed by atoms with Crippen LogP contribution in [0.1, 0.15) is 58.1 Å². The molecule has 0 amide bonds. The number of rotatable bonds is 5. The lowest BCUT2D eigenvalue weighted by molar-refractivity contribution is 0.0688. The number of aromatic nitrogens is 2.